The number of amides is 1. The predicted molar refractivity (Wildman–Crippen MR) is 119 cm³/mol. The van der Waals surface area contributed by atoms with Crippen molar-refractivity contribution in [2.24, 2.45) is 0 Å². The summed E-state index contributed by atoms with van der Waals surface area (Å²) < 4.78 is 27.8. The zero-order chi connectivity index (χ0) is 21.9. The third-order valence-electron chi connectivity index (χ3n) is 5.15. The number of hydrogen-bond donors (Lipinski definition) is 1. The summed E-state index contributed by atoms with van der Waals surface area (Å²) in [6, 6.07) is 14.6. The molecule has 1 fully saturated rings. The van der Waals surface area contributed by atoms with Gasteiger partial charge in [-0.2, -0.15) is 0 Å². The first-order valence-electron chi connectivity index (χ1n) is 10.3. The predicted octanol–water partition coefficient (Wildman–Crippen LogP) is 3.03. The van der Waals surface area contributed by atoms with Crippen molar-refractivity contribution in [3.8, 4) is 0 Å². The summed E-state index contributed by atoms with van der Waals surface area (Å²) in [5.74, 6) is -0.127. The molecule has 162 valence electrons. The van der Waals surface area contributed by atoms with Gasteiger partial charge >= 0.3 is 0 Å². The fraction of sp³-hybridized carbons (Fsp3) is 0.435. The summed E-state index contributed by atoms with van der Waals surface area (Å²) in [5, 5.41) is 0. The minimum atomic E-state index is -3.68. The highest BCUT2D eigenvalue weighted by atomic mass is 32.2. The van der Waals surface area contributed by atoms with Gasteiger partial charge < -0.3 is 4.90 Å². The van der Waals surface area contributed by atoms with E-state index in [1.807, 2.05) is 6.07 Å². The summed E-state index contributed by atoms with van der Waals surface area (Å²) in [4.78, 5) is 17.2. The molecule has 0 spiro atoms. The molecule has 6 nitrogen and oxygen atoms in total. The Morgan fingerprint density at radius 2 is 1.67 bits per heavy atom. The smallest absolute Gasteiger partial charge is 0.253 e. The van der Waals surface area contributed by atoms with E-state index in [0.717, 1.165) is 19.6 Å². The third kappa shape index (κ3) is 5.68. The van der Waals surface area contributed by atoms with E-state index < -0.39 is 15.6 Å². The van der Waals surface area contributed by atoms with Crippen LogP contribution in [0.15, 0.2) is 53.4 Å². The number of benzene rings is 2. The van der Waals surface area contributed by atoms with E-state index in [2.05, 4.69) is 34.7 Å². The van der Waals surface area contributed by atoms with Crippen molar-refractivity contribution in [3.05, 3.63) is 65.2 Å². The van der Waals surface area contributed by atoms with Crippen LogP contribution in [-0.2, 0) is 16.6 Å². The molecule has 1 N–H and O–H groups in total. The molecule has 0 saturated carbocycles. The number of nitrogens with one attached hydrogen (secondary N) is 1. The first-order valence-corrected chi connectivity index (χ1v) is 11.7. The quantitative estimate of drug-likeness (QED) is 0.793. The van der Waals surface area contributed by atoms with Crippen LogP contribution in [0.25, 0.3) is 0 Å². The molecule has 7 heteroatoms. The molecule has 0 atom stereocenters. The van der Waals surface area contributed by atoms with E-state index in [0.29, 0.717) is 18.7 Å². The Hall–Kier alpha value is -2.22. The van der Waals surface area contributed by atoms with Gasteiger partial charge in [0.15, 0.2) is 0 Å². The van der Waals surface area contributed by atoms with E-state index in [1.54, 1.807) is 37.8 Å². The molecule has 1 aliphatic rings. The number of sulfonamides is 1. The number of carbonyl (C=O) groups excluding carboxylic acids is 1. The Balaban J connectivity index is 1.65. The van der Waals surface area contributed by atoms with Gasteiger partial charge in [-0.25, -0.2) is 13.1 Å². The lowest BCUT2D eigenvalue weighted by molar-refractivity contribution is 0.0628. The normalized spacial score (nSPS) is 15.9. The highest BCUT2D eigenvalue weighted by molar-refractivity contribution is 7.89. The van der Waals surface area contributed by atoms with Gasteiger partial charge in [0.05, 0.1) is 4.90 Å². The molecule has 1 heterocycles. The Bertz CT molecular complexity index is 1000. The monoisotopic (exact) mass is 429 g/mol. The van der Waals surface area contributed by atoms with Crippen molar-refractivity contribution in [1.82, 2.24) is 14.5 Å². The summed E-state index contributed by atoms with van der Waals surface area (Å²) in [5.41, 5.74) is 2.39. The van der Waals surface area contributed by atoms with Crippen molar-refractivity contribution in [1.29, 1.82) is 0 Å². The number of nitrogens with zero attached hydrogens (tertiary/aromatic N) is 2. The molecule has 2 aromatic rings. The summed E-state index contributed by atoms with van der Waals surface area (Å²) in [6.45, 7) is 11.2. The maximum Gasteiger partial charge on any atom is 0.253 e. The molecular weight excluding hydrogens is 398 g/mol. The fourth-order valence-electron chi connectivity index (χ4n) is 3.58. The van der Waals surface area contributed by atoms with Gasteiger partial charge in [-0.15, -0.1) is 0 Å². The largest absolute Gasteiger partial charge is 0.336 e. The molecule has 0 aromatic heterocycles. The Labute approximate surface area is 179 Å². The van der Waals surface area contributed by atoms with Crippen LogP contribution in [0.3, 0.4) is 0 Å². The Morgan fingerprint density at radius 3 is 2.30 bits per heavy atom. The molecule has 30 heavy (non-hydrogen) atoms. The zero-order valence-electron chi connectivity index (χ0n) is 18.2. The second-order valence-corrected chi connectivity index (χ2v) is 10.6. The van der Waals surface area contributed by atoms with Crippen LogP contribution in [0, 0.1) is 6.92 Å². The molecule has 1 saturated heterocycles. The molecule has 2 aromatic carbocycles. The van der Waals surface area contributed by atoms with E-state index >= 15 is 0 Å². The third-order valence-corrected chi connectivity index (χ3v) is 6.90. The van der Waals surface area contributed by atoms with Crippen LogP contribution in [0.5, 0.6) is 0 Å². The first-order chi connectivity index (χ1) is 14.0. The zero-order valence-corrected chi connectivity index (χ0v) is 19.0. The lowest BCUT2D eigenvalue weighted by Gasteiger charge is -2.35. The van der Waals surface area contributed by atoms with Gasteiger partial charge in [0.25, 0.3) is 5.91 Å². The summed E-state index contributed by atoms with van der Waals surface area (Å²) in [7, 11) is -3.68. The topological polar surface area (TPSA) is 69.7 Å². The van der Waals surface area contributed by atoms with Crippen molar-refractivity contribution in [2.45, 2.75) is 44.7 Å². The lowest BCUT2D eigenvalue weighted by atomic mass is 10.1. The van der Waals surface area contributed by atoms with Crippen molar-refractivity contribution < 1.29 is 13.2 Å². The number of piperazine rings is 1. The van der Waals surface area contributed by atoms with Gasteiger partial charge in [-0.1, -0.05) is 30.3 Å². The van der Waals surface area contributed by atoms with Crippen molar-refractivity contribution in [2.75, 3.05) is 26.2 Å². The minimum Gasteiger partial charge on any atom is -0.336 e. The average Bonchev–Trinajstić information content (AvgIpc) is 2.68. The second kappa shape index (κ2) is 8.88. The number of aryl methyl sites for hydroxylation is 1. The second-order valence-electron chi connectivity index (χ2n) is 8.88. The maximum absolute atomic E-state index is 13.0. The molecule has 0 aliphatic carbocycles. The van der Waals surface area contributed by atoms with Gasteiger partial charge in [0.2, 0.25) is 10.0 Å². The van der Waals surface area contributed by atoms with Crippen LogP contribution in [0.1, 0.15) is 42.3 Å². The van der Waals surface area contributed by atoms with Crippen molar-refractivity contribution >= 4 is 15.9 Å². The van der Waals surface area contributed by atoms with Gasteiger partial charge in [-0.3, -0.25) is 9.69 Å². The van der Waals surface area contributed by atoms with E-state index in [4.69, 9.17) is 0 Å². The van der Waals surface area contributed by atoms with Crippen molar-refractivity contribution in [3.63, 3.8) is 0 Å². The number of rotatable bonds is 5. The van der Waals surface area contributed by atoms with Crippen LogP contribution in [0.4, 0.5) is 0 Å². The van der Waals surface area contributed by atoms with Crippen LogP contribution in [0.2, 0.25) is 0 Å². The SMILES string of the molecule is Cc1ccccc1CN1CCN(C(=O)c2cccc(S(=O)(=O)NC(C)(C)C)c2)CC1. The van der Waals surface area contributed by atoms with E-state index in [9.17, 15) is 13.2 Å². The molecule has 1 amide bonds. The number of hydrogen-bond acceptors (Lipinski definition) is 4. The van der Waals surface area contributed by atoms with Crippen LogP contribution < -0.4 is 4.72 Å². The highest BCUT2D eigenvalue weighted by Gasteiger charge is 2.25. The standard InChI is InChI=1S/C23H31N3O3S/c1-18-8-5-6-9-20(18)17-25-12-14-26(15-13-25)22(27)19-10-7-11-21(16-19)30(28,29)24-23(2,3)4/h5-11,16,24H,12-15,17H2,1-4H3. The first kappa shape index (κ1) is 22.5. The fourth-order valence-corrected chi connectivity index (χ4v) is 5.04. The van der Waals surface area contributed by atoms with Gasteiger partial charge in [0.1, 0.15) is 0 Å². The average molecular weight is 430 g/mol. The minimum absolute atomic E-state index is 0.112. The summed E-state index contributed by atoms with van der Waals surface area (Å²) >= 11 is 0. The Kier molecular flexibility index (Phi) is 6.65. The van der Waals surface area contributed by atoms with E-state index in [1.165, 1.54) is 23.3 Å². The van der Waals surface area contributed by atoms with Crippen LogP contribution >= 0.6 is 0 Å². The molecular formula is C23H31N3O3S. The molecule has 0 unspecified atom stereocenters. The van der Waals surface area contributed by atoms with Crippen LogP contribution in [-0.4, -0.2) is 55.8 Å². The number of carbonyl (C=O) groups is 1. The highest BCUT2D eigenvalue weighted by Crippen LogP contribution is 2.18. The lowest BCUT2D eigenvalue weighted by Crippen LogP contribution is -2.48. The Morgan fingerprint density at radius 1 is 1.00 bits per heavy atom. The van der Waals surface area contributed by atoms with E-state index in [-0.39, 0.29) is 10.8 Å². The van der Waals surface area contributed by atoms with Gasteiger partial charge in [0, 0.05) is 43.8 Å². The van der Waals surface area contributed by atoms with Gasteiger partial charge in [-0.05, 0) is 57.0 Å². The molecule has 0 bridgehead atoms. The molecule has 3 rings (SSSR count). The molecule has 1 aliphatic heterocycles. The maximum atomic E-state index is 13.0. The summed E-state index contributed by atoms with van der Waals surface area (Å²) in [6.07, 6.45) is 0. The molecule has 0 radical (unpaired) electrons.